The van der Waals surface area contributed by atoms with Crippen molar-refractivity contribution in [1.29, 1.82) is 0 Å². The van der Waals surface area contributed by atoms with Crippen LogP contribution in [-0.4, -0.2) is 21.0 Å². The number of H-pyrrole nitrogens is 1. The number of aromatic carboxylic acids is 1. The first-order chi connectivity index (χ1) is 6.61. The molecule has 0 radical (unpaired) electrons. The molecule has 78 valence electrons. The molecular weight excluding hydrogens is 180 g/mol. The van der Waals surface area contributed by atoms with E-state index in [1.807, 2.05) is 0 Å². The van der Waals surface area contributed by atoms with E-state index in [1.165, 1.54) is 6.33 Å². The maximum atomic E-state index is 10.7. The minimum absolute atomic E-state index is 0.161. The molecule has 0 aliphatic carbocycles. The van der Waals surface area contributed by atoms with E-state index >= 15 is 0 Å². The number of carbonyl (C=O) groups is 1. The third-order valence-corrected chi connectivity index (χ3v) is 2.13. The molecular formula is C10H16N2O2. The minimum Gasteiger partial charge on any atom is -0.476 e. The summed E-state index contributed by atoms with van der Waals surface area (Å²) in [5.41, 5.74) is 0.895. The van der Waals surface area contributed by atoms with Crippen molar-refractivity contribution in [2.45, 2.75) is 33.1 Å². The fourth-order valence-electron chi connectivity index (χ4n) is 1.38. The molecule has 0 aromatic carbocycles. The number of imidazole rings is 1. The van der Waals surface area contributed by atoms with Gasteiger partial charge in [-0.05, 0) is 18.8 Å². The summed E-state index contributed by atoms with van der Waals surface area (Å²) in [5, 5.41) is 8.78. The number of aromatic amines is 1. The summed E-state index contributed by atoms with van der Waals surface area (Å²) in [6.45, 7) is 4.32. The molecule has 0 atom stereocenters. The van der Waals surface area contributed by atoms with Gasteiger partial charge < -0.3 is 10.1 Å². The standard InChI is InChI=1S/C10H16N2O2/c1-7(2)4-3-5-8-9(10(13)14)12-6-11-8/h6-7H,3-5H2,1-2H3,(H,11,12)(H,13,14). The van der Waals surface area contributed by atoms with Gasteiger partial charge in [-0.2, -0.15) is 0 Å². The van der Waals surface area contributed by atoms with E-state index in [0.717, 1.165) is 25.0 Å². The third kappa shape index (κ3) is 2.87. The van der Waals surface area contributed by atoms with Gasteiger partial charge in [0.2, 0.25) is 0 Å². The van der Waals surface area contributed by atoms with Crippen LogP contribution in [0.2, 0.25) is 0 Å². The molecule has 1 rings (SSSR count). The zero-order chi connectivity index (χ0) is 10.6. The molecule has 0 saturated carbocycles. The number of nitrogens with one attached hydrogen (secondary N) is 1. The van der Waals surface area contributed by atoms with E-state index < -0.39 is 5.97 Å². The van der Waals surface area contributed by atoms with Crippen molar-refractivity contribution in [3.05, 3.63) is 17.7 Å². The molecule has 14 heavy (non-hydrogen) atoms. The zero-order valence-corrected chi connectivity index (χ0v) is 8.58. The Morgan fingerprint density at radius 3 is 2.93 bits per heavy atom. The Kier molecular flexibility index (Phi) is 3.68. The van der Waals surface area contributed by atoms with Crippen molar-refractivity contribution in [2.24, 2.45) is 5.92 Å². The van der Waals surface area contributed by atoms with Gasteiger partial charge in [0.15, 0.2) is 5.69 Å². The van der Waals surface area contributed by atoms with Crippen LogP contribution in [0.25, 0.3) is 0 Å². The summed E-state index contributed by atoms with van der Waals surface area (Å²) in [7, 11) is 0. The van der Waals surface area contributed by atoms with Crippen LogP contribution in [0.3, 0.4) is 0 Å². The van der Waals surface area contributed by atoms with Crippen LogP contribution in [0, 0.1) is 5.92 Å². The van der Waals surface area contributed by atoms with E-state index in [9.17, 15) is 4.79 Å². The van der Waals surface area contributed by atoms with E-state index in [0.29, 0.717) is 5.92 Å². The maximum absolute atomic E-state index is 10.7. The maximum Gasteiger partial charge on any atom is 0.356 e. The number of hydrogen-bond donors (Lipinski definition) is 2. The first-order valence-electron chi connectivity index (χ1n) is 4.86. The lowest BCUT2D eigenvalue weighted by molar-refractivity contribution is 0.0690. The quantitative estimate of drug-likeness (QED) is 0.757. The van der Waals surface area contributed by atoms with E-state index in [1.54, 1.807) is 0 Å². The molecule has 1 aromatic rings. The van der Waals surface area contributed by atoms with E-state index in [2.05, 4.69) is 23.8 Å². The second-order valence-electron chi connectivity index (χ2n) is 3.82. The molecule has 0 bridgehead atoms. The number of hydrogen-bond acceptors (Lipinski definition) is 2. The monoisotopic (exact) mass is 196 g/mol. The number of aromatic nitrogens is 2. The molecule has 0 fully saturated rings. The van der Waals surface area contributed by atoms with Gasteiger partial charge in [-0.3, -0.25) is 0 Å². The minimum atomic E-state index is -0.953. The highest BCUT2D eigenvalue weighted by molar-refractivity contribution is 5.86. The Bertz CT molecular complexity index is 305. The van der Waals surface area contributed by atoms with Gasteiger partial charge in [0.25, 0.3) is 0 Å². The molecule has 0 unspecified atom stereocenters. The van der Waals surface area contributed by atoms with Crippen LogP contribution < -0.4 is 0 Å². The predicted octanol–water partition coefficient (Wildman–Crippen LogP) is 2.09. The number of rotatable bonds is 5. The third-order valence-electron chi connectivity index (χ3n) is 2.13. The molecule has 0 saturated heterocycles. The molecule has 0 aliphatic rings. The highest BCUT2D eigenvalue weighted by Gasteiger charge is 2.12. The lowest BCUT2D eigenvalue weighted by atomic mass is 10.0. The van der Waals surface area contributed by atoms with Crippen molar-refractivity contribution >= 4 is 5.97 Å². The highest BCUT2D eigenvalue weighted by Crippen LogP contribution is 2.10. The molecule has 0 aliphatic heterocycles. The Hall–Kier alpha value is -1.32. The molecule has 0 amide bonds. The summed E-state index contributed by atoms with van der Waals surface area (Å²) in [5.74, 6) is -0.294. The van der Waals surface area contributed by atoms with Gasteiger partial charge in [-0.15, -0.1) is 0 Å². The summed E-state index contributed by atoms with van der Waals surface area (Å²) >= 11 is 0. The van der Waals surface area contributed by atoms with Crippen molar-refractivity contribution in [2.75, 3.05) is 0 Å². The summed E-state index contributed by atoms with van der Waals surface area (Å²) in [6, 6.07) is 0. The van der Waals surface area contributed by atoms with Crippen LogP contribution >= 0.6 is 0 Å². The second kappa shape index (κ2) is 4.79. The van der Waals surface area contributed by atoms with Crippen LogP contribution in [-0.2, 0) is 6.42 Å². The van der Waals surface area contributed by atoms with Gasteiger partial charge >= 0.3 is 5.97 Å². The summed E-state index contributed by atoms with van der Waals surface area (Å²) in [6.07, 6.45) is 4.31. The normalized spacial score (nSPS) is 10.8. The lowest BCUT2D eigenvalue weighted by Crippen LogP contribution is -2.02. The van der Waals surface area contributed by atoms with E-state index in [4.69, 9.17) is 5.11 Å². The molecule has 1 heterocycles. The Morgan fingerprint density at radius 2 is 2.36 bits per heavy atom. The van der Waals surface area contributed by atoms with Gasteiger partial charge in [0.05, 0.1) is 6.33 Å². The van der Waals surface area contributed by atoms with Gasteiger partial charge in [0.1, 0.15) is 0 Å². The fourth-order valence-corrected chi connectivity index (χ4v) is 1.38. The molecule has 0 spiro atoms. The first kappa shape index (κ1) is 10.8. The highest BCUT2D eigenvalue weighted by atomic mass is 16.4. The Morgan fingerprint density at radius 1 is 1.64 bits per heavy atom. The SMILES string of the molecule is CC(C)CCCc1[nH]cnc1C(=O)O. The predicted molar refractivity (Wildman–Crippen MR) is 53.3 cm³/mol. The Labute approximate surface area is 83.4 Å². The molecule has 2 N–H and O–H groups in total. The van der Waals surface area contributed by atoms with Crippen LogP contribution in [0.5, 0.6) is 0 Å². The van der Waals surface area contributed by atoms with Crippen molar-refractivity contribution < 1.29 is 9.90 Å². The summed E-state index contributed by atoms with van der Waals surface area (Å²) < 4.78 is 0. The second-order valence-corrected chi connectivity index (χ2v) is 3.82. The van der Waals surface area contributed by atoms with Crippen molar-refractivity contribution in [3.63, 3.8) is 0 Å². The van der Waals surface area contributed by atoms with Crippen LogP contribution in [0.1, 0.15) is 42.9 Å². The van der Waals surface area contributed by atoms with Gasteiger partial charge in [0, 0.05) is 5.69 Å². The number of nitrogens with zero attached hydrogens (tertiary/aromatic N) is 1. The topological polar surface area (TPSA) is 66.0 Å². The molecule has 1 aromatic heterocycles. The molecule has 4 heteroatoms. The number of carboxylic acids is 1. The lowest BCUT2D eigenvalue weighted by Gasteiger charge is -2.03. The van der Waals surface area contributed by atoms with E-state index in [-0.39, 0.29) is 5.69 Å². The van der Waals surface area contributed by atoms with Gasteiger partial charge in [-0.25, -0.2) is 9.78 Å². The zero-order valence-electron chi connectivity index (χ0n) is 8.58. The van der Waals surface area contributed by atoms with Crippen LogP contribution in [0.4, 0.5) is 0 Å². The summed E-state index contributed by atoms with van der Waals surface area (Å²) in [4.78, 5) is 17.3. The number of aryl methyl sites for hydroxylation is 1. The molecule has 4 nitrogen and oxygen atoms in total. The average Bonchev–Trinajstić information content (AvgIpc) is 2.51. The largest absolute Gasteiger partial charge is 0.476 e. The van der Waals surface area contributed by atoms with Crippen LogP contribution in [0.15, 0.2) is 6.33 Å². The average molecular weight is 196 g/mol. The Balaban J connectivity index is 2.50. The number of carboxylic acid groups (broad SMARTS) is 1. The van der Waals surface area contributed by atoms with Gasteiger partial charge in [-0.1, -0.05) is 20.3 Å². The van der Waals surface area contributed by atoms with Crippen molar-refractivity contribution in [1.82, 2.24) is 9.97 Å². The smallest absolute Gasteiger partial charge is 0.356 e. The van der Waals surface area contributed by atoms with Crippen molar-refractivity contribution in [3.8, 4) is 0 Å². The first-order valence-corrected chi connectivity index (χ1v) is 4.86. The fraction of sp³-hybridized carbons (Fsp3) is 0.600.